The van der Waals surface area contributed by atoms with Gasteiger partial charge in [0.05, 0.1) is 5.69 Å². The first kappa shape index (κ1) is 15.4. The number of aromatic nitrogens is 3. The van der Waals surface area contributed by atoms with Crippen LogP contribution >= 0.6 is 0 Å². The Morgan fingerprint density at radius 1 is 1.10 bits per heavy atom. The molecule has 0 saturated heterocycles. The van der Waals surface area contributed by atoms with Crippen molar-refractivity contribution in [1.82, 2.24) is 15.0 Å². The second kappa shape index (κ2) is 6.20. The summed E-state index contributed by atoms with van der Waals surface area (Å²) in [7, 11) is 0. The molecule has 0 saturated carbocycles. The maximum absolute atomic E-state index is 4.80. The lowest BCUT2D eigenvalue weighted by atomic mass is 9.95. The summed E-state index contributed by atoms with van der Waals surface area (Å²) in [5, 5.41) is 3.42. The van der Waals surface area contributed by atoms with Gasteiger partial charge in [-0.15, -0.1) is 0 Å². The van der Waals surface area contributed by atoms with E-state index in [4.69, 9.17) is 9.97 Å². The van der Waals surface area contributed by atoms with E-state index in [0.29, 0.717) is 0 Å². The molecule has 21 heavy (non-hydrogen) atoms. The van der Waals surface area contributed by atoms with Crippen LogP contribution in [0.1, 0.15) is 45.5 Å². The molecule has 0 radical (unpaired) electrons. The Kier molecular flexibility index (Phi) is 4.56. The van der Waals surface area contributed by atoms with E-state index in [1.165, 1.54) is 0 Å². The minimum Gasteiger partial charge on any atom is -0.370 e. The zero-order chi connectivity index (χ0) is 15.5. The Bertz CT molecular complexity index is 600. The fourth-order valence-corrected chi connectivity index (χ4v) is 2.06. The van der Waals surface area contributed by atoms with Crippen LogP contribution in [0.4, 0.5) is 5.82 Å². The van der Waals surface area contributed by atoms with E-state index in [1.807, 2.05) is 12.1 Å². The Balaban J connectivity index is 2.58. The molecule has 2 rings (SSSR count). The van der Waals surface area contributed by atoms with Crippen LogP contribution in [-0.2, 0) is 5.41 Å². The molecule has 0 aliphatic heterocycles. The molecule has 4 nitrogen and oxygen atoms in total. The van der Waals surface area contributed by atoms with Crippen LogP contribution in [0.2, 0.25) is 0 Å². The van der Waals surface area contributed by atoms with Gasteiger partial charge in [0.15, 0.2) is 0 Å². The van der Waals surface area contributed by atoms with Gasteiger partial charge >= 0.3 is 0 Å². The van der Waals surface area contributed by atoms with Crippen molar-refractivity contribution in [1.29, 1.82) is 0 Å². The van der Waals surface area contributed by atoms with Crippen molar-refractivity contribution in [2.24, 2.45) is 0 Å². The molecule has 0 unspecified atom stereocenters. The minimum atomic E-state index is -0.0852. The van der Waals surface area contributed by atoms with Gasteiger partial charge in [0.25, 0.3) is 0 Å². The number of anilines is 1. The van der Waals surface area contributed by atoms with E-state index >= 15 is 0 Å². The van der Waals surface area contributed by atoms with E-state index in [9.17, 15) is 0 Å². The van der Waals surface area contributed by atoms with Gasteiger partial charge in [0, 0.05) is 35.5 Å². The summed E-state index contributed by atoms with van der Waals surface area (Å²) in [5.74, 6) is 1.79. The third-order valence-corrected chi connectivity index (χ3v) is 3.31. The standard InChI is InChI=1S/C17H24N4/c1-6-9-19-15-12(2)14(13-7-10-18-11-8-13)20-16(21-15)17(3,4)5/h7-8,10-11H,6,9H2,1-5H3,(H,19,20,21). The predicted octanol–water partition coefficient (Wildman–Crippen LogP) is 3.97. The van der Waals surface area contributed by atoms with Gasteiger partial charge in [-0.2, -0.15) is 0 Å². The molecule has 2 aromatic heterocycles. The summed E-state index contributed by atoms with van der Waals surface area (Å²) in [6, 6.07) is 3.98. The largest absolute Gasteiger partial charge is 0.370 e. The van der Waals surface area contributed by atoms with Crippen molar-refractivity contribution < 1.29 is 0 Å². The lowest BCUT2D eigenvalue weighted by molar-refractivity contribution is 0.546. The van der Waals surface area contributed by atoms with E-state index in [0.717, 1.165) is 41.4 Å². The second-order valence-electron chi connectivity index (χ2n) is 6.28. The molecule has 2 heterocycles. The molecule has 2 aromatic rings. The molecule has 0 amide bonds. The molecule has 4 heteroatoms. The van der Waals surface area contributed by atoms with E-state index in [-0.39, 0.29) is 5.41 Å². The van der Waals surface area contributed by atoms with Crippen LogP contribution in [0.3, 0.4) is 0 Å². The first-order valence-corrected chi connectivity index (χ1v) is 7.47. The van der Waals surface area contributed by atoms with Crippen molar-refractivity contribution >= 4 is 5.82 Å². The molecule has 1 N–H and O–H groups in total. The van der Waals surface area contributed by atoms with Crippen molar-refractivity contribution in [3.63, 3.8) is 0 Å². The zero-order valence-corrected chi connectivity index (χ0v) is 13.6. The Labute approximate surface area is 127 Å². The number of nitrogens with zero attached hydrogens (tertiary/aromatic N) is 3. The average molecular weight is 284 g/mol. The summed E-state index contributed by atoms with van der Waals surface area (Å²) >= 11 is 0. The number of nitrogens with one attached hydrogen (secondary N) is 1. The fourth-order valence-electron chi connectivity index (χ4n) is 2.06. The van der Waals surface area contributed by atoms with Crippen LogP contribution in [0, 0.1) is 6.92 Å². The number of rotatable bonds is 4. The SMILES string of the molecule is CCCNc1nc(C(C)(C)C)nc(-c2ccncc2)c1C. The van der Waals surface area contributed by atoms with Crippen LogP contribution in [0.15, 0.2) is 24.5 Å². The molecule has 0 aromatic carbocycles. The highest BCUT2D eigenvalue weighted by Gasteiger charge is 2.21. The molecule has 0 bridgehead atoms. The van der Waals surface area contributed by atoms with Gasteiger partial charge in [-0.3, -0.25) is 4.98 Å². The summed E-state index contributed by atoms with van der Waals surface area (Å²) < 4.78 is 0. The second-order valence-corrected chi connectivity index (χ2v) is 6.28. The number of hydrogen-bond donors (Lipinski definition) is 1. The maximum Gasteiger partial charge on any atom is 0.136 e. The zero-order valence-electron chi connectivity index (χ0n) is 13.6. The molecule has 0 atom stereocenters. The van der Waals surface area contributed by atoms with Gasteiger partial charge in [-0.1, -0.05) is 27.7 Å². The number of hydrogen-bond acceptors (Lipinski definition) is 4. The van der Waals surface area contributed by atoms with Gasteiger partial charge < -0.3 is 5.32 Å². The van der Waals surface area contributed by atoms with Crippen molar-refractivity contribution in [3.8, 4) is 11.3 Å². The lowest BCUT2D eigenvalue weighted by Gasteiger charge is -2.21. The van der Waals surface area contributed by atoms with Crippen molar-refractivity contribution in [3.05, 3.63) is 35.9 Å². The fraction of sp³-hybridized carbons (Fsp3) is 0.471. The highest BCUT2D eigenvalue weighted by Crippen LogP contribution is 2.29. The first-order chi connectivity index (χ1) is 9.93. The predicted molar refractivity (Wildman–Crippen MR) is 87.5 cm³/mol. The summed E-state index contributed by atoms with van der Waals surface area (Å²) in [4.78, 5) is 13.6. The Morgan fingerprint density at radius 2 is 1.76 bits per heavy atom. The molecular formula is C17H24N4. The summed E-state index contributed by atoms with van der Waals surface area (Å²) in [6.45, 7) is 11.5. The van der Waals surface area contributed by atoms with E-state index in [2.05, 4.69) is 44.9 Å². The monoisotopic (exact) mass is 284 g/mol. The highest BCUT2D eigenvalue weighted by molar-refractivity contribution is 5.67. The summed E-state index contributed by atoms with van der Waals surface area (Å²) in [5.41, 5.74) is 3.06. The lowest BCUT2D eigenvalue weighted by Crippen LogP contribution is -2.19. The first-order valence-electron chi connectivity index (χ1n) is 7.47. The van der Waals surface area contributed by atoms with Gasteiger partial charge in [-0.25, -0.2) is 9.97 Å². The molecule has 0 aliphatic carbocycles. The summed E-state index contributed by atoms with van der Waals surface area (Å²) in [6.07, 6.45) is 4.67. The molecule has 0 aliphatic rings. The van der Waals surface area contributed by atoms with Crippen LogP contribution in [0.5, 0.6) is 0 Å². The highest BCUT2D eigenvalue weighted by atomic mass is 15.0. The third kappa shape index (κ3) is 3.57. The molecule has 0 fully saturated rings. The van der Waals surface area contributed by atoms with Gasteiger partial charge in [-0.05, 0) is 25.5 Å². The van der Waals surface area contributed by atoms with Crippen molar-refractivity contribution in [2.75, 3.05) is 11.9 Å². The van der Waals surface area contributed by atoms with E-state index < -0.39 is 0 Å². The molecular weight excluding hydrogens is 260 g/mol. The maximum atomic E-state index is 4.80. The quantitative estimate of drug-likeness (QED) is 0.923. The van der Waals surface area contributed by atoms with Crippen LogP contribution < -0.4 is 5.32 Å². The third-order valence-electron chi connectivity index (χ3n) is 3.31. The minimum absolute atomic E-state index is 0.0852. The normalized spacial score (nSPS) is 11.5. The Morgan fingerprint density at radius 3 is 2.33 bits per heavy atom. The molecule has 0 spiro atoms. The average Bonchev–Trinajstić information content (AvgIpc) is 2.46. The Hall–Kier alpha value is -1.97. The van der Waals surface area contributed by atoms with Crippen molar-refractivity contribution in [2.45, 2.75) is 46.5 Å². The van der Waals surface area contributed by atoms with Gasteiger partial charge in [0.1, 0.15) is 11.6 Å². The van der Waals surface area contributed by atoms with Gasteiger partial charge in [0.2, 0.25) is 0 Å². The van der Waals surface area contributed by atoms with Crippen LogP contribution in [-0.4, -0.2) is 21.5 Å². The molecule has 112 valence electrons. The smallest absolute Gasteiger partial charge is 0.136 e. The van der Waals surface area contributed by atoms with Crippen LogP contribution in [0.25, 0.3) is 11.3 Å². The topological polar surface area (TPSA) is 50.7 Å². The number of pyridine rings is 1. The van der Waals surface area contributed by atoms with E-state index in [1.54, 1.807) is 12.4 Å².